The number of carbonyl (C=O) groups is 2. The molecule has 8 nitrogen and oxygen atoms in total. The Morgan fingerprint density at radius 1 is 0.875 bits per heavy atom. The fourth-order valence-corrected chi connectivity index (χ4v) is 0.694. The van der Waals surface area contributed by atoms with Crippen LogP contribution >= 0.6 is 0 Å². The van der Waals surface area contributed by atoms with Gasteiger partial charge in [-0.3, -0.25) is 20.4 Å². The molecule has 0 rings (SSSR count). The van der Waals surface area contributed by atoms with Crippen molar-refractivity contribution >= 4 is 11.8 Å². The zero-order valence-electron chi connectivity index (χ0n) is 9.87. The summed E-state index contributed by atoms with van der Waals surface area (Å²) in [4.78, 5) is 22.5. The maximum atomic E-state index is 11.3. The molecule has 0 bridgehead atoms. The van der Waals surface area contributed by atoms with Crippen LogP contribution in [0, 0.1) is 0 Å². The molecule has 0 aliphatic carbocycles. The zero-order valence-corrected chi connectivity index (χ0v) is 9.87. The van der Waals surface area contributed by atoms with Crippen molar-refractivity contribution in [1.29, 1.82) is 0 Å². The van der Waals surface area contributed by atoms with Crippen molar-refractivity contribution < 1.29 is 9.59 Å². The average molecular weight is 230 g/mol. The number of nitrogens with one attached hydrogen (secondary N) is 2. The van der Waals surface area contributed by atoms with E-state index in [1.54, 1.807) is 0 Å². The molecule has 0 aromatic rings. The van der Waals surface area contributed by atoms with Crippen LogP contribution in [0.25, 0.3) is 0 Å². The van der Waals surface area contributed by atoms with Crippen LogP contribution in [-0.2, 0) is 9.59 Å². The first-order valence-corrected chi connectivity index (χ1v) is 4.63. The summed E-state index contributed by atoms with van der Waals surface area (Å²) in [5, 5.41) is 7.57. The molecule has 0 aromatic carbocycles. The zero-order chi connectivity index (χ0) is 13.0. The van der Waals surface area contributed by atoms with Crippen molar-refractivity contribution in [2.75, 3.05) is 0 Å². The van der Waals surface area contributed by atoms with Crippen LogP contribution in [0.15, 0.2) is 10.2 Å². The van der Waals surface area contributed by atoms with Crippen LogP contribution in [0.5, 0.6) is 0 Å². The third-order valence-corrected chi connectivity index (χ3v) is 1.92. The lowest BCUT2D eigenvalue weighted by molar-refractivity contribution is -0.127. The number of azo groups is 1. The number of nitrogens with zero attached hydrogens (tertiary/aromatic N) is 2. The molecule has 0 unspecified atom stereocenters. The van der Waals surface area contributed by atoms with Gasteiger partial charge in [-0.25, -0.2) is 11.7 Å². The van der Waals surface area contributed by atoms with Crippen LogP contribution in [0.3, 0.4) is 0 Å². The number of amides is 2. The molecule has 16 heavy (non-hydrogen) atoms. The molecule has 0 spiro atoms. The minimum Gasteiger partial charge on any atom is -0.292 e. The maximum absolute atomic E-state index is 11.3. The van der Waals surface area contributed by atoms with Crippen molar-refractivity contribution in [1.82, 2.24) is 10.9 Å². The number of rotatable bonds is 4. The molecular weight excluding hydrogens is 212 g/mol. The largest absolute Gasteiger partial charge is 0.292 e. The van der Waals surface area contributed by atoms with Gasteiger partial charge in [-0.15, -0.1) is 0 Å². The summed E-state index contributed by atoms with van der Waals surface area (Å²) in [5.74, 6) is 8.97. The lowest BCUT2D eigenvalue weighted by Gasteiger charge is -2.20. The molecule has 0 radical (unpaired) electrons. The number of nitrogens with two attached hydrogens (primary N) is 2. The van der Waals surface area contributed by atoms with E-state index in [9.17, 15) is 9.59 Å². The second kappa shape index (κ2) is 4.99. The highest BCUT2D eigenvalue weighted by Crippen LogP contribution is 2.15. The van der Waals surface area contributed by atoms with Gasteiger partial charge in [0.15, 0.2) is 11.1 Å². The summed E-state index contributed by atoms with van der Waals surface area (Å²) in [6.07, 6.45) is 0. The Kier molecular flexibility index (Phi) is 4.51. The normalized spacial score (nSPS) is 12.6. The van der Waals surface area contributed by atoms with Crippen molar-refractivity contribution in [2.45, 2.75) is 38.8 Å². The molecule has 0 fully saturated rings. The Morgan fingerprint density at radius 3 is 1.31 bits per heavy atom. The van der Waals surface area contributed by atoms with E-state index in [2.05, 4.69) is 10.2 Å². The Bertz CT molecular complexity index is 280. The number of carbonyl (C=O) groups excluding carboxylic acids is 2. The molecule has 0 heterocycles. The van der Waals surface area contributed by atoms with Crippen molar-refractivity contribution in [3.05, 3.63) is 0 Å². The van der Waals surface area contributed by atoms with Crippen molar-refractivity contribution in [3.8, 4) is 0 Å². The summed E-state index contributed by atoms with van der Waals surface area (Å²) < 4.78 is 0. The molecule has 8 heteroatoms. The Balaban J connectivity index is 4.84. The lowest BCUT2D eigenvalue weighted by atomic mass is 10.1. The Labute approximate surface area is 93.8 Å². The minimum atomic E-state index is -1.14. The first-order valence-electron chi connectivity index (χ1n) is 4.63. The van der Waals surface area contributed by atoms with Gasteiger partial charge in [-0.05, 0) is 27.7 Å². The Hall–Kier alpha value is -1.54. The van der Waals surface area contributed by atoms with Gasteiger partial charge < -0.3 is 0 Å². The molecule has 92 valence electrons. The van der Waals surface area contributed by atoms with E-state index in [-0.39, 0.29) is 0 Å². The predicted molar refractivity (Wildman–Crippen MR) is 57.7 cm³/mol. The molecule has 0 saturated heterocycles. The van der Waals surface area contributed by atoms with Crippen LogP contribution in [-0.4, -0.2) is 22.9 Å². The molecule has 6 N–H and O–H groups in total. The lowest BCUT2D eigenvalue weighted by Crippen LogP contribution is -2.46. The van der Waals surface area contributed by atoms with Gasteiger partial charge in [-0.2, -0.15) is 10.2 Å². The standard InChI is InChI=1S/C8H18N6O2/c1-7(2,5(15)11-9)13-14-8(3,4)6(16)12-10/h9-10H2,1-4H3,(H,11,15)(H,12,16)/b14-13+. The molecule has 0 aliphatic heterocycles. The van der Waals surface area contributed by atoms with E-state index in [1.807, 2.05) is 10.9 Å². The first kappa shape index (κ1) is 14.5. The van der Waals surface area contributed by atoms with Crippen LogP contribution in [0.4, 0.5) is 0 Å². The smallest absolute Gasteiger partial charge is 0.263 e. The highest BCUT2D eigenvalue weighted by atomic mass is 16.2. The van der Waals surface area contributed by atoms with Crippen LogP contribution < -0.4 is 22.5 Å². The second-order valence-electron chi connectivity index (χ2n) is 4.26. The van der Waals surface area contributed by atoms with E-state index >= 15 is 0 Å². The average Bonchev–Trinajstić information content (AvgIpc) is 2.24. The molecule has 2 amide bonds. The minimum absolute atomic E-state index is 0.500. The number of hydrazine groups is 2. The van der Waals surface area contributed by atoms with E-state index in [0.717, 1.165) is 0 Å². The van der Waals surface area contributed by atoms with Gasteiger partial charge >= 0.3 is 0 Å². The van der Waals surface area contributed by atoms with Gasteiger partial charge in [0.1, 0.15) is 0 Å². The highest BCUT2D eigenvalue weighted by molar-refractivity contribution is 5.86. The van der Waals surface area contributed by atoms with Gasteiger partial charge in [0.2, 0.25) is 0 Å². The van der Waals surface area contributed by atoms with E-state index in [0.29, 0.717) is 0 Å². The molecular formula is C8H18N6O2. The second-order valence-corrected chi connectivity index (χ2v) is 4.26. The van der Waals surface area contributed by atoms with E-state index in [1.165, 1.54) is 27.7 Å². The third kappa shape index (κ3) is 3.55. The topological polar surface area (TPSA) is 135 Å². The van der Waals surface area contributed by atoms with Gasteiger partial charge in [0.25, 0.3) is 11.8 Å². The quantitative estimate of drug-likeness (QED) is 0.212. The summed E-state index contributed by atoms with van der Waals surface area (Å²) in [5.41, 5.74) is 1.66. The molecule has 0 aliphatic rings. The molecule has 0 atom stereocenters. The molecule has 0 aromatic heterocycles. The third-order valence-electron chi connectivity index (χ3n) is 1.92. The van der Waals surface area contributed by atoms with Crippen LogP contribution in [0.2, 0.25) is 0 Å². The maximum Gasteiger partial charge on any atom is 0.263 e. The fourth-order valence-electron chi connectivity index (χ4n) is 0.694. The van der Waals surface area contributed by atoms with Gasteiger partial charge in [0, 0.05) is 0 Å². The summed E-state index contributed by atoms with van der Waals surface area (Å²) >= 11 is 0. The van der Waals surface area contributed by atoms with Crippen molar-refractivity contribution in [3.63, 3.8) is 0 Å². The van der Waals surface area contributed by atoms with Crippen LogP contribution in [0.1, 0.15) is 27.7 Å². The van der Waals surface area contributed by atoms with E-state index < -0.39 is 22.9 Å². The summed E-state index contributed by atoms with van der Waals surface area (Å²) in [7, 11) is 0. The first-order chi connectivity index (χ1) is 7.17. The van der Waals surface area contributed by atoms with E-state index in [4.69, 9.17) is 11.7 Å². The monoisotopic (exact) mass is 230 g/mol. The van der Waals surface area contributed by atoms with Crippen molar-refractivity contribution in [2.24, 2.45) is 21.9 Å². The Morgan fingerprint density at radius 2 is 1.12 bits per heavy atom. The number of hydrogen-bond acceptors (Lipinski definition) is 6. The SMILES string of the molecule is CC(C)(/N=N/C(C)(C)C(=O)NN)C(=O)NN. The predicted octanol–water partition coefficient (Wildman–Crippen LogP) is -1.02. The molecule has 0 saturated carbocycles. The highest BCUT2D eigenvalue weighted by Gasteiger charge is 2.31. The summed E-state index contributed by atoms with van der Waals surface area (Å²) in [6, 6.07) is 0. The number of hydrogen-bond donors (Lipinski definition) is 4. The summed E-state index contributed by atoms with van der Waals surface area (Å²) in [6.45, 7) is 6.09. The van der Waals surface area contributed by atoms with Gasteiger partial charge in [0.05, 0.1) is 0 Å². The van der Waals surface area contributed by atoms with Gasteiger partial charge in [-0.1, -0.05) is 0 Å². The fraction of sp³-hybridized carbons (Fsp3) is 0.750.